The van der Waals surface area contributed by atoms with E-state index in [9.17, 15) is 9.59 Å². The van der Waals surface area contributed by atoms with E-state index in [-0.39, 0.29) is 17.5 Å². The predicted molar refractivity (Wildman–Crippen MR) is 102 cm³/mol. The van der Waals surface area contributed by atoms with Crippen LogP contribution in [0.2, 0.25) is 0 Å². The van der Waals surface area contributed by atoms with Crippen molar-refractivity contribution >= 4 is 16.8 Å². The number of aromatic amines is 1. The molecule has 6 nitrogen and oxygen atoms in total. The summed E-state index contributed by atoms with van der Waals surface area (Å²) in [5.41, 5.74) is 0.999. The largest absolute Gasteiger partial charge is 0.357 e. The molecule has 140 valence electrons. The standard InChI is InChI=1S/C20H28N4O2/c1-12(2)24-13-5-6-14(24)10-15(9-13)23(4)19(25)17-11-22(3)20(26)18-16(17)7-8-21-18/h7-8,11-15,21H,5-6,9-10H2,1-4H3. The van der Waals surface area contributed by atoms with E-state index >= 15 is 0 Å². The first-order valence-corrected chi connectivity index (χ1v) is 9.59. The molecule has 2 atom stereocenters. The molecule has 2 bridgehead atoms. The Balaban J connectivity index is 1.61. The maximum Gasteiger partial charge on any atom is 0.274 e. The summed E-state index contributed by atoms with van der Waals surface area (Å²) in [6, 6.07) is 3.82. The molecule has 2 saturated heterocycles. The number of nitrogens with one attached hydrogen (secondary N) is 1. The molecule has 4 rings (SSSR count). The van der Waals surface area contributed by atoms with Gasteiger partial charge in [0.2, 0.25) is 0 Å². The molecule has 0 saturated carbocycles. The van der Waals surface area contributed by atoms with E-state index in [1.54, 1.807) is 19.4 Å². The first kappa shape index (κ1) is 17.3. The molecule has 0 aromatic carbocycles. The number of amides is 1. The molecule has 0 spiro atoms. The fraction of sp³-hybridized carbons (Fsp3) is 0.600. The molecular formula is C20H28N4O2. The van der Waals surface area contributed by atoms with Crippen LogP contribution in [0.3, 0.4) is 0 Å². The average Bonchev–Trinajstić information content (AvgIpc) is 3.20. The van der Waals surface area contributed by atoms with Crippen LogP contribution in [-0.2, 0) is 7.05 Å². The Labute approximate surface area is 153 Å². The predicted octanol–water partition coefficient (Wildman–Crippen LogP) is 2.34. The molecule has 2 aromatic heterocycles. The van der Waals surface area contributed by atoms with E-state index in [1.165, 1.54) is 17.4 Å². The Kier molecular flexibility index (Phi) is 4.18. The van der Waals surface area contributed by atoms with Crippen molar-refractivity contribution < 1.29 is 4.79 Å². The summed E-state index contributed by atoms with van der Waals surface area (Å²) >= 11 is 0. The van der Waals surface area contributed by atoms with Gasteiger partial charge in [0.25, 0.3) is 11.5 Å². The van der Waals surface area contributed by atoms with Crippen LogP contribution in [0, 0.1) is 0 Å². The minimum absolute atomic E-state index is 0.00703. The Morgan fingerprint density at radius 1 is 1.27 bits per heavy atom. The number of aryl methyl sites for hydroxylation is 1. The lowest BCUT2D eigenvalue weighted by Crippen LogP contribution is -2.53. The van der Waals surface area contributed by atoms with Gasteiger partial charge >= 0.3 is 0 Å². The van der Waals surface area contributed by atoms with Crippen LogP contribution in [0.15, 0.2) is 23.3 Å². The normalized spacial score (nSPS) is 26.0. The number of nitrogens with zero attached hydrogens (tertiary/aromatic N) is 3. The lowest BCUT2D eigenvalue weighted by molar-refractivity contribution is 0.0398. The van der Waals surface area contributed by atoms with Crippen molar-refractivity contribution in [3.63, 3.8) is 0 Å². The van der Waals surface area contributed by atoms with Gasteiger partial charge in [0.05, 0.1) is 5.56 Å². The third-order valence-corrected chi connectivity index (χ3v) is 6.35. The SMILES string of the molecule is CC(C)N1C2CCC1CC(N(C)C(=O)c1cn(C)c(=O)c3[nH]ccc13)C2. The van der Waals surface area contributed by atoms with Crippen molar-refractivity contribution in [1.82, 2.24) is 19.4 Å². The smallest absolute Gasteiger partial charge is 0.274 e. The third-order valence-electron chi connectivity index (χ3n) is 6.35. The summed E-state index contributed by atoms with van der Waals surface area (Å²) in [6.07, 6.45) is 7.96. The summed E-state index contributed by atoms with van der Waals surface area (Å²) in [4.78, 5) is 33.0. The molecule has 6 heteroatoms. The second-order valence-electron chi connectivity index (χ2n) is 8.19. The van der Waals surface area contributed by atoms with Crippen LogP contribution in [0.5, 0.6) is 0 Å². The number of H-pyrrole nitrogens is 1. The molecule has 26 heavy (non-hydrogen) atoms. The van der Waals surface area contributed by atoms with Gasteiger partial charge in [-0.3, -0.25) is 14.5 Å². The van der Waals surface area contributed by atoms with Crippen molar-refractivity contribution in [2.24, 2.45) is 7.05 Å². The van der Waals surface area contributed by atoms with Crippen LogP contribution < -0.4 is 5.56 Å². The fourth-order valence-electron chi connectivity index (χ4n) is 5.14. The Morgan fingerprint density at radius 2 is 1.92 bits per heavy atom. The highest BCUT2D eigenvalue weighted by atomic mass is 16.2. The summed E-state index contributed by atoms with van der Waals surface area (Å²) in [5.74, 6) is 0.00703. The molecule has 4 heterocycles. The van der Waals surface area contributed by atoms with E-state index in [0.29, 0.717) is 34.6 Å². The number of pyridine rings is 1. The number of aromatic nitrogens is 2. The van der Waals surface area contributed by atoms with Gasteiger partial charge in [0.15, 0.2) is 0 Å². The molecule has 2 aliphatic rings. The Morgan fingerprint density at radius 3 is 2.54 bits per heavy atom. The van der Waals surface area contributed by atoms with E-state index in [2.05, 4.69) is 23.7 Å². The van der Waals surface area contributed by atoms with Gasteiger partial charge < -0.3 is 14.5 Å². The Hall–Kier alpha value is -2.08. The number of carbonyl (C=O) groups excluding carboxylic acids is 1. The highest BCUT2D eigenvalue weighted by molar-refractivity contribution is 6.05. The van der Waals surface area contributed by atoms with Crippen molar-refractivity contribution in [2.45, 2.75) is 63.7 Å². The van der Waals surface area contributed by atoms with Gasteiger partial charge in [-0.1, -0.05) is 0 Å². The van der Waals surface area contributed by atoms with Crippen LogP contribution in [-0.4, -0.2) is 56.5 Å². The van der Waals surface area contributed by atoms with Crippen molar-refractivity contribution in [1.29, 1.82) is 0 Å². The lowest BCUT2D eigenvalue weighted by Gasteiger charge is -2.44. The number of fused-ring (bicyclic) bond motifs is 3. The van der Waals surface area contributed by atoms with E-state index in [1.807, 2.05) is 18.0 Å². The number of hydrogen-bond acceptors (Lipinski definition) is 3. The van der Waals surface area contributed by atoms with Crippen LogP contribution in [0.25, 0.3) is 10.9 Å². The zero-order chi connectivity index (χ0) is 18.6. The van der Waals surface area contributed by atoms with Crippen molar-refractivity contribution in [3.05, 3.63) is 34.4 Å². The summed E-state index contributed by atoms with van der Waals surface area (Å²) in [6.45, 7) is 4.54. The zero-order valence-corrected chi connectivity index (χ0v) is 16.0. The summed E-state index contributed by atoms with van der Waals surface area (Å²) in [7, 11) is 3.61. The zero-order valence-electron chi connectivity index (χ0n) is 16.0. The Bertz CT molecular complexity index is 883. The van der Waals surface area contributed by atoms with Crippen LogP contribution >= 0.6 is 0 Å². The molecule has 2 fully saturated rings. The van der Waals surface area contributed by atoms with E-state index in [4.69, 9.17) is 0 Å². The van der Waals surface area contributed by atoms with Gasteiger partial charge in [0.1, 0.15) is 5.52 Å². The first-order chi connectivity index (χ1) is 12.4. The monoisotopic (exact) mass is 356 g/mol. The van der Waals surface area contributed by atoms with Crippen molar-refractivity contribution in [3.8, 4) is 0 Å². The van der Waals surface area contributed by atoms with Gasteiger partial charge in [-0.2, -0.15) is 0 Å². The average molecular weight is 356 g/mol. The second-order valence-corrected chi connectivity index (χ2v) is 8.19. The molecule has 2 unspecified atom stereocenters. The first-order valence-electron chi connectivity index (χ1n) is 9.59. The summed E-state index contributed by atoms with van der Waals surface area (Å²) < 4.78 is 1.49. The maximum absolute atomic E-state index is 13.3. The highest BCUT2D eigenvalue weighted by Gasteiger charge is 2.43. The number of piperidine rings is 1. The van der Waals surface area contributed by atoms with Crippen LogP contribution in [0.4, 0.5) is 0 Å². The minimum Gasteiger partial charge on any atom is -0.357 e. The maximum atomic E-state index is 13.3. The summed E-state index contributed by atoms with van der Waals surface area (Å²) in [5, 5.41) is 0.715. The highest BCUT2D eigenvalue weighted by Crippen LogP contribution is 2.39. The van der Waals surface area contributed by atoms with Gasteiger partial charge in [-0.25, -0.2) is 0 Å². The fourth-order valence-corrected chi connectivity index (χ4v) is 5.14. The van der Waals surface area contributed by atoms with Gasteiger partial charge in [0, 0.05) is 56.0 Å². The van der Waals surface area contributed by atoms with E-state index in [0.717, 1.165) is 12.8 Å². The minimum atomic E-state index is -0.104. The third kappa shape index (κ3) is 2.58. The van der Waals surface area contributed by atoms with Gasteiger partial charge in [-0.15, -0.1) is 0 Å². The van der Waals surface area contributed by atoms with Crippen molar-refractivity contribution in [2.75, 3.05) is 7.05 Å². The topological polar surface area (TPSA) is 61.3 Å². The number of hydrogen-bond donors (Lipinski definition) is 1. The second kappa shape index (κ2) is 6.27. The van der Waals surface area contributed by atoms with Gasteiger partial charge in [-0.05, 0) is 45.6 Å². The number of rotatable bonds is 3. The molecule has 0 radical (unpaired) electrons. The van der Waals surface area contributed by atoms with E-state index < -0.39 is 0 Å². The number of carbonyl (C=O) groups is 1. The molecule has 1 N–H and O–H groups in total. The molecule has 2 aromatic rings. The molecule has 2 aliphatic heterocycles. The molecular weight excluding hydrogens is 328 g/mol. The molecule has 0 aliphatic carbocycles. The quantitative estimate of drug-likeness (QED) is 0.918. The molecule has 1 amide bonds. The lowest BCUT2D eigenvalue weighted by atomic mass is 9.94. The van der Waals surface area contributed by atoms with Crippen LogP contribution in [0.1, 0.15) is 49.9 Å².